The van der Waals surface area contributed by atoms with E-state index in [1.165, 1.54) is 11.1 Å². The summed E-state index contributed by atoms with van der Waals surface area (Å²) < 4.78 is 0. The molecule has 0 saturated carbocycles. The zero-order valence-electron chi connectivity index (χ0n) is 13.3. The van der Waals surface area contributed by atoms with E-state index in [0.29, 0.717) is 0 Å². The topological polar surface area (TPSA) is 29.1 Å². The first-order valence-corrected chi connectivity index (χ1v) is 7.68. The fourth-order valence-electron chi connectivity index (χ4n) is 2.64. The smallest absolute Gasteiger partial charge is 0.187 e. The lowest BCUT2D eigenvalue weighted by Crippen LogP contribution is -1.98. The average Bonchev–Trinajstić information content (AvgIpc) is 2.58. The van der Waals surface area contributed by atoms with Crippen molar-refractivity contribution in [3.05, 3.63) is 89.6 Å². The second kappa shape index (κ2) is 6.49. The van der Waals surface area contributed by atoms with E-state index in [9.17, 15) is 4.79 Å². The number of rotatable bonds is 4. The van der Waals surface area contributed by atoms with Gasteiger partial charge in [-0.3, -0.25) is 4.79 Å². The van der Waals surface area contributed by atoms with Crippen molar-refractivity contribution in [2.75, 3.05) is 5.32 Å². The van der Waals surface area contributed by atoms with Crippen molar-refractivity contribution in [3.63, 3.8) is 0 Å². The summed E-state index contributed by atoms with van der Waals surface area (Å²) in [6.07, 6.45) is 3.30. The number of hydrogen-bond acceptors (Lipinski definition) is 2. The first-order valence-electron chi connectivity index (χ1n) is 7.68. The van der Waals surface area contributed by atoms with E-state index in [1.807, 2.05) is 54.6 Å². The van der Waals surface area contributed by atoms with Crippen LogP contribution in [-0.4, -0.2) is 5.78 Å². The Bertz CT molecular complexity index is 888. The summed E-state index contributed by atoms with van der Waals surface area (Å²) in [5.41, 5.74) is 4.16. The number of ketones is 1. The number of fused-ring (bicyclic) bond motifs is 1. The number of nitrogens with one attached hydrogen (secondary N) is 1. The van der Waals surface area contributed by atoms with Crippen molar-refractivity contribution < 1.29 is 4.79 Å². The highest BCUT2D eigenvalue weighted by atomic mass is 16.1. The lowest BCUT2D eigenvalue weighted by molar-refractivity contribution is 0.104. The minimum Gasteiger partial charge on any atom is -0.361 e. The van der Waals surface area contributed by atoms with Gasteiger partial charge in [0.2, 0.25) is 0 Å². The van der Waals surface area contributed by atoms with Crippen LogP contribution in [0.2, 0.25) is 0 Å². The Kier molecular flexibility index (Phi) is 4.24. The third-order valence-corrected chi connectivity index (χ3v) is 4.13. The molecule has 0 aliphatic rings. The van der Waals surface area contributed by atoms with Gasteiger partial charge in [-0.25, -0.2) is 0 Å². The number of carbonyl (C=O) groups is 1. The van der Waals surface area contributed by atoms with Gasteiger partial charge in [0.05, 0.1) is 0 Å². The summed E-state index contributed by atoms with van der Waals surface area (Å²) in [5, 5.41) is 5.26. The molecule has 0 radical (unpaired) electrons. The number of carbonyl (C=O) groups excluding carboxylic acids is 1. The molecule has 3 aromatic rings. The molecule has 3 rings (SSSR count). The van der Waals surface area contributed by atoms with Gasteiger partial charge in [0, 0.05) is 23.5 Å². The highest BCUT2D eigenvalue weighted by Gasteiger charge is 2.06. The molecule has 0 heterocycles. The SMILES string of the molecule is Cc1cccc(N/C=C/C(=O)c2cccc3ccccc23)c1C. The van der Waals surface area contributed by atoms with Crippen LogP contribution in [0.15, 0.2) is 72.9 Å². The standard InChI is InChI=1S/C21H19NO/c1-15-7-5-12-20(16(15)2)22-14-13-21(23)19-11-6-9-17-8-3-4-10-18(17)19/h3-14,22H,1-2H3/b14-13+. The molecule has 114 valence electrons. The van der Waals surface area contributed by atoms with E-state index >= 15 is 0 Å². The van der Waals surface area contributed by atoms with Crippen LogP contribution in [0.1, 0.15) is 21.5 Å². The Hall–Kier alpha value is -2.87. The Morgan fingerprint density at radius 2 is 1.65 bits per heavy atom. The Labute approximate surface area is 136 Å². The molecular weight excluding hydrogens is 282 g/mol. The van der Waals surface area contributed by atoms with Gasteiger partial charge in [0.15, 0.2) is 5.78 Å². The van der Waals surface area contributed by atoms with Crippen molar-refractivity contribution >= 4 is 22.2 Å². The van der Waals surface area contributed by atoms with E-state index in [4.69, 9.17) is 0 Å². The second-order valence-corrected chi connectivity index (χ2v) is 5.62. The molecule has 2 nitrogen and oxygen atoms in total. The van der Waals surface area contributed by atoms with Gasteiger partial charge >= 0.3 is 0 Å². The van der Waals surface area contributed by atoms with E-state index in [0.717, 1.165) is 22.0 Å². The van der Waals surface area contributed by atoms with Crippen molar-refractivity contribution in [2.45, 2.75) is 13.8 Å². The first-order chi connectivity index (χ1) is 11.2. The van der Waals surface area contributed by atoms with Crippen LogP contribution in [0.3, 0.4) is 0 Å². The normalized spacial score (nSPS) is 11.0. The highest BCUT2D eigenvalue weighted by molar-refractivity contribution is 6.13. The summed E-state index contributed by atoms with van der Waals surface area (Å²) in [6.45, 7) is 4.14. The zero-order chi connectivity index (χ0) is 16.2. The third-order valence-electron chi connectivity index (χ3n) is 4.13. The predicted octanol–water partition coefficient (Wildman–Crippen LogP) is 5.27. The number of anilines is 1. The summed E-state index contributed by atoms with van der Waals surface area (Å²) in [4.78, 5) is 12.5. The molecule has 0 unspecified atom stereocenters. The quantitative estimate of drug-likeness (QED) is 0.525. The molecule has 0 atom stereocenters. The number of hydrogen-bond donors (Lipinski definition) is 1. The molecule has 1 N–H and O–H groups in total. The maximum absolute atomic E-state index is 12.5. The van der Waals surface area contributed by atoms with Gasteiger partial charge in [0.25, 0.3) is 0 Å². The monoisotopic (exact) mass is 301 g/mol. The summed E-state index contributed by atoms with van der Waals surface area (Å²) in [5.74, 6) is -0.000365. The third kappa shape index (κ3) is 3.16. The van der Waals surface area contributed by atoms with Crippen LogP contribution in [0.5, 0.6) is 0 Å². The molecule has 23 heavy (non-hydrogen) atoms. The number of allylic oxidation sites excluding steroid dienone is 1. The maximum atomic E-state index is 12.5. The molecule has 0 amide bonds. The van der Waals surface area contributed by atoms with Gasteiger partial charge in [-0.1, -0.05) is 54.6 Å². The van der Waals surface area contributed by atoms with E-state index < -0.39 is 0 Å². The molecule has 0 saturated heterocycles. The van der Waals surface area contributed by atoms with Crippen LogP contribution >= 0.6 is 0 Å². The zero-order valence-corrected chi connectivity index (χ0v) is 13.3. The Morgan fingerprint density at radius 1 is 0.913 bits per heavy atom. The van der Waals surface area contributed by atoms with Gasteiger partial charge in [-0.2, -0.15) is 0 Å². The molecule has 0 fully saturated rings. The van der Waals surface area contributed by atoms with Gasteiger partial charge in [-0.05, 0) is 41.8 Å². The molecule has 2 heteroatoms. The van der Waals surface area contributed by atoms with Crippen molar-refractivity contribution in [1.29, 1.82) is 0 Å². The van der Waals surface area contributed by atoms with Crippen LogP contribution in [0, 0.1) is 13.8 Å². The van der Waals surface area contributed by atoms with Crippen molar-refractivity contribution in [1.82, 2.24) is 0 Å². The van der Waals surface area contributed by atoms with Crippen molar-refractivity contribution in [2.24, 2.45) is 0 Å². The molecule has 0 aromatic heterocycles. The van der Waals surface area contributed by atoms with Crippen LogP contribution in [-0.2, 0) is 0 Å². The molecular formula is C21H19NO. The minimum atomic E-state index is -0.000365. The molecule has 0 bridgehead atoms. The Morgan fingerprint density at radius 3 is 2.52 bits per heavy atom. The van der Waals surface area contributed by atoms with Crippen LogP contribution in [0.25, 0.3) is 10.8 Å². The molecule has 3 aromatic carbocycles. The lowest BCUT2D eigenvalue weighted by Gasteiger charge is -2.07. The predicted molar refractivity (Wildman–Crippen MR) is 97.0 cm³/mol. The van der Waals surface area contributed by atoms with E-state index in [2.05, 4.69) is 25.2 Å². The summed E-state index contributed by atoms with van der Waals surface area (Å²) in [6, 6.07) is 19.8. The summed E-state index contributed by atoms with van der Waals surface area (Å²) >= 11 is 0. The van der Waals surface area contributed by atoms with Crippen molar-refractivity contribution in [3.8, 4) is 0 Å². The second-order valence-electron chi connectivity index (χ2n) is 5.62. The van der Waals surface area contributed by atoms with Gasteiger partial charge in [-0.15, -0.1) is 0 Å². The summed E-state index contributed by atoms with van der Waals surface area (Å²) in [7, 11) is 0. The number of aryl methyl sites for hydroxylation is 1. The molecule has 0 spiro atoms. The molecule has 0 aliphatic carbocycles. The van der Waals surface area contributed by atoms with Gasteiger partial charge in [0.1, 0.15) is 0 Å². The maximum Gasteiger partial charge on any atom is 0.187 e. The van der Waals surface area contributed by atoms with E-state index in [1.54, 1.807) is 12.3 Å². The van der Waals surface area contributed by atoms with Crippen LogP contribution in [0.4, 0.5) is 5.69 Å². The lowest BCUT2D eigenvalue weighted by atomic mass is 10.0. The first kappa shape index (κ1) is 15.0. The fraction of sp³-hybridized carbons (Fsp3) is 0.0952. The fourth-order valence-corrected chi connectivity index (χ4v) is 2.64. The molecule has 0 aliphatic heterocycles. The van der Waals surface area contributed by atoms with Crippen LogP contribution < -0.4 is 5.32 Å². The number of benzene rings is 3. The van der Waals surface area contributed by atoms with E-state index in [-0.39, 0.29) is 5.78 Å². The highest BCUT2D eigenvalue weighted by Crippen LogP contribution is 2.20. The Balaban J connectivity index is 1.82. The largest absolute Gasteiger partial charge is 0.361 e. The average molecular weight is 301 g/mol. The van der Waals surface area contributed by atoms with Gasteiger partial charge < -0.3 is 5.32 Å². The minimum absolute atomic E-state index is 0.000365.